The molecular formula is C16H10ClN3S. The molecule has 0 N–H and O–H groups in total. The van der Waals surface area contributed by atoms with Gasteiger partial charge >= 0.3 is 0 Å². The molecule has 3 nitrogen and oxygen atoms in total. The van der Waals surface area contributed by atoms with E-state index in [1.54, 1.807) is 16.0 Å². The summed E-state index contributed by atoms with van der Waals surface area (Å²) in [7, 11) is 0. The first-order valence-corrected chi connectivity index (χ1v) is 7.68. The van der Waals surface area contributed by atoms with Crippen LogP contribution >= 0.6 is 22.9 Å². The van der Waals surface area contributed by atoms with Gasteiger partial charge in [-0.3, -0.25) is 0 Å². The molecule has 0 aliphatic carbocycles. The maximum absolute atomic E-state index is 6.32. The van der Waals surface area contributed by atoms with Gasteiger partial charge in [-0.25, -0.2) is 4.98 Å². The molecule has 0 spiro atoms. The molecule has 0 radical (unpaired) electrons. The molecule has 0 fully saturated rings. The second-order valence-corrected chi connectivity index (χ2v) is 5.99. The van der Waals surface area contributed by atoms with Crippen molar-refractivity contribution in [2.24, 2.45) is 0 Å². The Morgan fingerprint density at radius 3 is 2.52 bits per heavy atom. The Morgan fingerprint density at radius 1 is 0.952 bits per heavy atom. The van der Waals surface area contributed by atoms with Crippen LogP contribution in [0.2, 0.25) is 5.15 Å². The lowest BCUT2D eigenvalue weighted by Crippen LogP contribution is -1.95. The van der Waals surface area contributed by atoms with E-state index in [1.807, 2.05) is 60.7 Å². The van der Waals surface area contributed by atoms with E-state index in [0.29, 0.717) is 5.15 Å². The SMILES string of the molecule is Clc1cc(-c2ccccc2)nn1-c1nc2ccccc2s1. The molecule has 0 saturated heterocycles. The number of thiazole rings is 1. The van der Waals surface area contributed by atoms with Gasteiger partial charge in [-0.05, 0) is 12.1 Å². The Bertz CT molecular complexity index is 879. The third-order valence-electron chi connectivity index (χ3n) is 3.20. The monoisotopic (exact) mass is 311 g/mol. The topological polar surface area (TPSA) is 30.7 Å². The fourth-order valence-electron chi connectivity index (χ4n) is 2.19. The summed E-state index contributed by atoms with van der Waals surface area (Å²) in [5.74, 6) is 0. The smallest absolute Gasteiger partial charge is 0.212 e. The molecular weight excluding hydrogens is 302 g/mol. The van der Waals surface area contributed by atoms with E-state index in [2.05, 4.69) is 10.1 Å². The molecule has 0 aliphatic rings. The number of aromatic nitrogens is 3. The van der Waals surface area contributed by atoms with Crippen LogP contribution in [0.4, 0.5) is 0 Å². The van der Waals surface area contributed by atoms with Gasteiger partial charge in [0.15, 0.2) is 0 Å². The number of halogens is 1. The van der Waals surface area contributed by atoms with Gasteiger partial charge in [-0.15, -0.1) is 0 Å². The number of fused-ring (bicyclic) bond motifs is 1. The van der Waals surface area contributed by atoms with Crippen LogP contribution in [0.25, 0.3) is 26.6 Å². The molecule has 2 aromatic carbocycles. The lowest BCUT2D eigenvalue weighted by molar-refractivity contribution is 0.877. The van der Waals surface area contributed by atoms with Crippen LogP contribution in [0.15, 0.2) is 60.7 Å². The molecule has 0 aliphatic heterocycles. The van der Waals surface area contributed by atoms with Gasteiger partial charge in [0.2, 0.25) is 5.13 Å². The zero-order valence-electron chi connectivity index (χ0n) is 10.9. The standard InChI is InChI=1S/C16H10ClN3S/c17-15-10-13(11-6-2-1-3-7-11)19-20(15)16-18-12-8-4-5-9-14(12)21-16/h1-10H. The fraction of sp³-hybridized carbons (Fsp3) is 0. The predicted molar refractivity (Wildman–Crippen MR) is 87.2 cm³/mol. The summed E-state index contributed by atoms with van der Waals surface area (Å²) in [6.07, 6.45) is 0. The molecule has 0 saturated carbocycles. The second kappa shape index (κ2) is 4.98. The summed E-state index contributed by atoms with van der Waals surface area (Å²) >= 11 is 7.90. The number of hydrogen-bond donors (Lipinski definition) is 0. The summed E-state index contributed by atoms with van der Waals surface area (Å²) in [6.45, 7) is 0. The normalized spacial score (nSPS) is 11.1. The number of nitrogens with zero attached hydrogens (tertiary/aromatic N) is 3. The van der Waals surface area contributed by atoms with Gasteiger partial charge in [0, 0.05) is 11.6 Å². The van der Waals surface area contributed by atoms with Crippen LogP contribution in [0.1, 0.15) is 0 Å². The number of rotatable bonds is 2. The first-order chi connectivity index (χ1) is 10.3. The minimum absolute atomic E-state index is 0.563. The molecule has 2 aromatic heterocycles. The summed E-state index contributed by atoms with van der Waals surface area (Å²) < 4.78 is 2.81. The van der Waals surface area contributed by atoms with E-state index in [4.69, 9.17) is 11.6 Å². The highest BCUT2D eigenvalue weighted by atomic mass is 35.5. The van der Waals surface area contributed by atoms with Crippen molar-refractivity contribution < 1.29 is 0 Å². The van der Waals surface area contributed by atoms with Crippen molar-refractivity contribution in [2.75, 3.05) is 0 Å². The minimum Gasteiger partial charge on any atom is -0.218 e. The number of para-hydroxylation sites is 1. The van der Waals surface area contributed by atoms with Crippen LogP contribution in [0, 0.1) is 0 Å². The molecule has 0 amide bonds. The molecule has 4 aromatic rings. The molecule has 102 valence electrons. The molecule has 21 heavy (non-hydrogen) atoms. The zero-order chi connectivity index (χ0) is 14.2. The first kappa shape index (κ1) is 12.6. The Hall–Kier alpha value is -2.17. The molecule has 0 atom stereocenters. The van der Waals surface area contributed by atoms with Crippen LogP contribution in [0.3, 0.4) is 0 Å². The van der Waals surface area contributed by atoms with E-state index >= 15 is 0 Å². The Morgan fingerprint density at radius 2 is 1.71 bits per heavy atom. The highest BCUT2D eigenvalue weighted by Crippen LogP contribution is 2.29. The van der Waals surface area contributed by atoms with Crippen molar-refractivity contribution in [3.63, 3.8) is 0 Å². The third-order valence-corrected chi connectivity index (χ3v) is 4.48. The van der Waals surface area contributed by atoms with Gasteiger partial charge in [-0.2, -0.15) is 9.78 Å². The maximum Gasteiger partial charge on any atom is 0.212 e. The van der Waals surface area contributed by atoms with E-state index < -0.39 is 0 Å². The van der Waals surface area contributed by atoms with E-state index in [9.17, 15) is 0 Å². The Balaban J connectivity index is 1.84. The summed E-state index contributed by atoms with van der Waals surface area (Å²) in [4.78, 5) is 4.59. The number of hydrogen-bond acceptors (Lipinski definition) is 3. The average molecular weight is 312 g/mol. The summed E-state index contributed by atoms with van der Waals surface area (Å²) in [5, 5.41) is 5.92. The van der Waals surface area contributed by atoms with Gasteiger partial charge < -0.3 is 0 Å². The fourth-order valence-corrected chi connectivity index (χ4v) is 3.40. The van der Waals surface area contributed by atoms with Gasteiger partial charge in [0.1, 0.15) is 5.15 Å². The lowest BCUT2D eigenvalue weighted by Gasteiger charge is -1.96. The highest BCUT2D eigenvalue weighted by Gasteiger charge is 2.12. The van der Waals surface area contributed by atoms with Crippen LogP contribution < -0.4 is 0 Å². The highest BCUT2D eigenvalue weighted by molar-refractivity contribution is 7.20. The largest absolute Gasteiger partial charge is 0.218 e. The molecule has 5 heteroatoms. The van der Waals surface area contributed by atoms with Crippen LogP contribution in [-0.4, -0.2) is 14.8 Å². The molecule has 0 bridgehead atoms. The predicted octanol–water partition coefficient (Wildman–Crippen LogP) is 4.80. The second-order valence-electron chi connectivity index (χ2n) is 4.59. The maximum atomic E-state index is 6.32. The summed E-state index contributed by atoms with van der Waals surface area (Å²) in [6, 6.07) is 19.9. The Kier molecular flexibility index (Phi) is 2.98. The third kappa shape index (κ3) is 2.22. The zero-order valence-corrected chi connectivity index (χ0v) is 12.5. The van der Waals surface area contributed by atoms with Gasteiger partial charge in [-0.1, -0.05) is 65.4 Å². The van der Waals surface area contributed by atoms with Crippen LogP contribution in [-0.2, 0) is 0 Å². The minimum atomic E-state index is 0.563. The molecule has 4 rings (SSSR count). The van der Waals surface area contributed by atoms with E-state index in [1.165, 1.54) is 0 Å². The van der Waals surface area contributed by atoms with E-state index in [-0.39, 0.29) is 0 Å². The Labute approximate surface area is 130 Å². The lowest BCUT2D eigenvalue weighted by atomic mass is 10.2. The van der Waals surface area contributed by atoms with Gasteiger partial charge in [0.05, 0.1) is 15.9 Å². The van der Waals surface area contributed by atoms with Crippen molar-refractivity contribution >= 4 is 33.2 Å². The summed E-state index contributed by atoms with van der Waals surface area (Å²) in [5.41, 5.74) is 2.85. The number of benzene rings is 2. The quantitative estimate of drug-likeness (QED) is 0.532. The van der Waals surface area contributed by atoms with Crippen molar-refractivity contribution in [3.8, 4) is 16.4 Å². The average Bonchev–Trinajstić information content (AvgIpc) is 3.11. The van der Waals surface area contributed by atoms with Crippen LogP contribution in [0.5, 0.6) is 0 Å². The molecule has 0 unspecified atom stereocenters. The van der Waals surface area contributed by atoms with Crippen molar-refractivity contribution in [2.45, 2.75) is 0 Å². The molecule has 2 heterocycles. The first-order valence-electron chi connectivity index (χ1n) is 6.48. The van der Waals surface area contributed by atoms with Crippen molar-refractivity contribution in [1.29, 1.82) is 0 Å². The van der Waals surface area contributed by atoms with Gasteiger partial charge in [0.25, 0.3) is 0 Å². The van der Waals surface area contributed by atoms with Crippen molar-refractivity contribution in [3.05, 3.63) is 65.8 Å². The van der Waals surface area contributed by atoms with E-state index in [0.717, 1.165) is 26.6 Å². The van der Waals surface area contributed by atoms with Crippen molar-refractivity contribution in [1.82, 2.24) is 14.8 Å².